The molecule has 0 radical (unpaired) electrons. The number of anilines is 2. The van der Waals surface area contributed by atoms with Crippen molar-refractivity contribution in [2.75, 3.05) is 24.9 Å². The summed E-state index contributed by atoms with van der Waals surface area (Å²) in [6, 6.07) is 3.98. The number of nitrogens with one attached hydrogen (secondary N) is 1. The van der Waals surface area contributed by atoms with E-state index in [0.29, 0.717) is 23.6 Å². The highest BCUT2D eigenvalue weighted by atomic mass is 32.1. The molecule has 1 unspecified atom stereocenters. The first-order chi connectivity index (χ1) is 14.9. The third-order valence-corrected chi connectivity index (χ3v) is 5.37. The van der Waals surface area contributed by atoms with E-state index in [1.54, 1.807) is 25.1 Å². The maximum atomic E-state index is 13.7. The third kappa shape index (κ3) is 5.28. The highest BCUT2D eigenvalue weighted by Crippen LogP contribution is 2.36. The van der Waals surface area contributed by atoms with Crippen LogP contribution in [-0.2, 0) is 4.79 Å². The zero-order chi connectivity index (χ0) is 24.2. The highest BCUT2D eigenvalue weighted by Gasteiger charge is 2.36. The number of primary amides is 1. The smallest absolute Gasteiger partial charge is 0.272 e. The molecule has 10 nitrogen and oxygen atoms in total. The predicted octanol–water partition coefficient (Wildman–Crippen LogP) is 2.18. The standard InChI is InChI=1S/C21H29N5O5S/c1-7-12(19(28)24-21(2,3)4)26(13-9-8-11(30-5)10-14(13)31-6)20(29)17-15(22)16(18(23)27)25-32-17/h8-10,12H,7,22H2,1-6H3,(H2,23,27)(H,24,28). The minimum atomic E-state index is -0.900. The van der Waals surface area contributed by atoms with E-state index in [1.807, 2.05) is 20.8 Å². The summed E-state index contributed by atoms with van der Waals surface area (Å²) in [4.78, 5) is 39.8. The van der Waals surface area contributed by atoms with Crippen molar-refractivity contribution < 1.29 is 23.9 Å². The van der Waals surface area contributed by atoms with Crippen LogP contribution in [0.2, 0.25) is 0 Å². The summed E-state index contributed by atoms with van der Waals surface area (Å²) >= 11 is 0.745. The zero-order valence-electron chi connectivity index (χ0n) is 19.0. The van der Waals surface area contributed by atoms with Crippen LogP contribution in [-0.4, -0.2) is 47.9 Å². The van der Waals surface area contributed by atoms with Gasteiger partial charge in [-0.05, 0) is 50.9 Å². The monoisotopic (exact) mass is 463 g/mol. The topological polar surface area (TPSA) is 150 Å². The Morgan fingerprint density at radius 3 is 2.34 bits per heavy atom. The van der Waals surface area contributed by atoms with Gasteiger partial charge in [0.15, 0.2) is 5.69 Å². The SMILES string of the molecule is CCC(C(=O)NC(C)(C)C)N(C(=O)c1snc(C(N)=O)c1N)c1ccc(OC)cc1OC. The van der Waals surface area contributed by atoms with Crippen LogP contribution in [0.15, 0.2) is 18.2 Å². The van der Waals surface area contributed by atoms with E-state index in [-0.39, 0.29) is 22.2 Å². The molecule has 1 aromatic heterocycles. The van der Waals surface area contributed by atoms with Crippen molar-refractivity contribution in [2.45, 2.75) is 45.7 Å². The third-order valence-electron chi connectivity index (χ3n) is 4.52. The lowest BCUT2D eigenvalue weighted by molar-refractivity contribution is -0.123. The van der Waals surface area contributed by atoms with Gasteiger partial charge in [0, 0.05) is 11.6 Å². The van der Waals surface area contributed by atoms with E-state index in [0.717, 1.165) is 11.5 Å². The highest BCUT2D eigenvalue weighted by molar-refractivity contribution is 7.09. The van der Waals surface area contributed by atoms with Crippen LogP contribution in [0, 0.1) is 0 Å². The van der Waals surface area contributed by atoms with E-state index < -0.39 is 23.4 Å². The number of benzene rings is 1. The van der Waals surface area contributed by atoms with E-state index >= 15 is 0 Å². The van der Waals surface area contributed by atoms with Crippen molar-refractivity contribution in [3.63, 3.8) is 0 Å². The largest absolute Gasteiger partial charge is 0.497 e. The van der Waals surface area contributed by atoms with E-state index in [2.05, 4.69) is 9.69 Å². The Hall–Kier alpha value is -3.34. The Morgan fingerprint density at radius 1 is 1.22 bits per heavy atom. The average molecular weight is 464 g/mol. The molecule has 0 spiro atoms. The van der Waals surface area contributed by atoms with Crippen molar-refractivity contribution in [1.82, 2.24) is 9.69 Å². The molecule has 5 N–H and O–H groups in total. The van der Waals surface area contributed by atoms with E-state index in [9.17, 15) is 14.4 Å². The fourth-order valence-corrected chi connectivity index (χ4v) is 3.82. The van der Waals surface area contributed by atoms with Crippen LogP contribution in [0.4, 0.5) is 11.4 Å². The first-order valence-corrected chi connectivity index (χ1v) is 10.6. The fourth-order valence-electron chi connectivity index (χ4n) is 3.08. The van der Waals surface area contributed by atoms with Crippen molar-refractivity contribution in [3.05, 3.63) is 28.8 Å². The Morgan fingerprint density at radius 2 is 1.88 bits per heavy atom. The van der Waals surface area contributed by atoms with Gasteiger partial charge in [0.2, 0.25) is 5.91 Å². The van der Waals surface area contributed by atoms with Crippen LogP contribution < -0.4 is 31.2 Å². The lowest BCUT2D eigenvalue weighted by atomic mass is 10.0. The molecule has 2 aromatic rings. The zero-order valence-corrected chi connectivity index (χ0v) is 19.8. The summed E-state index contributed by atoms with van der Waals surface area (Å²) in [7, 11) is 2.95. The molecular formula is C21H29N5O5S. The minimum absolute atomic E-state index is 0.00122. The molecule has 0 saturated heterocycles. The predicted molar refractivity (Wildman–Crippen MR) is 123 cm³/mol. The minimum Gasteiger partial charge on any atom is -0.497 e. The number of carbonyl (C=O) groups is 3. The molecule has 0 bridgehead atoms. The summed E-state index contributed by atoms with van der Waals surface area (Å²) in [6.07, 6.45) is 0.296. The maximum Gasteiger partial charge on any atom is 0.272 e. The van der Waals surface area contributed by atoms with Crippen LogP contribution >= 0.6 is 11.5 Å². The van der Waals surface area contributed by atoms with Crippen LogP contribution in [0.1, 0.15) is 54.3 Å². The molecular weight excluding hydrogens is 434 g/mol. The molecule has 1 atom stereocenters. The van der Waals surface area contributed by atoms with Gasteiger partial charge >= 0.3 is 0 Å². The van der Waals surface area contributed by atoms with Crippen LogP contribution in [0.5, 0.6) is 11.5 Å². The molecule has 0 fully saturated rings. The molecule has 0 aliphatic rings. The van der Waals surface area contributed by atoms with Gasteiger partial charge in [-0.15, -0.1) is 0 Å². The van der Waals surface area contributed by atoms with Gasteiger partial charge in [0.1, 0.15) is 22.4 Å². The average Bonchev–Trinajstić information content (AvgIpc) is 3.11. The molecule has 1 heterocycles. The quantitative estimate of drug-likeness (QED) is 0.543. The van der Waals surface area contributed by atoms with Crippen LogP contribution in [0.25, 0.3) is 0 Å². The van der Waals surface area contributed by atoms with Crippen molar-refractivity contribution in [2.24, 2.45) is 5.73 Å². The Balaban J connectivity index is 2.68. The van der Waals surface area contributed by atoms with Crippen LogP contribution in [0.3, 0.4) is 0 Å². The first-order valence-electron chi connectivity index (χ1n) is 9.87. The first kappa shape index (κ1) is 24.9. The van der Waals surface area contributed by atoms with Crippen molar-refractivity contribution in [1.29, 1.82) is 0 Å². The fraction of sp³-hybridized carbons (Fsp3) is 0.429. The Labute approximate surface area is 191 Å². The summed E-state index contributed by atoms with van der Waals surface area (Å²) < 4.78 is 14.6. The summed E-state index contributed by atoms with van der Waals surface area (Å²) in [5.74, 6) is -0.975. The van der Waals surface area contributed by atoms with Gasteiger partial charge < -0.3 is 26.3 Å². The molecule has 32 heavy (non-hydrogen) atoms. The molecule has 0 saturated carbocycles. The molecule has 11 heteroatoms. The maximum absolute atomic E-state index is 13.7. The molecule has 2 rings (SSSR count). The number of methoxy groups -OCH3 is 2. The number of carbonyl (C=O) groups excluding carboxylic acids is 3. The second kappa shape index (κ2) is 9.86. The summed E-state index contributed by atoms with van der Waals surface area (Å²) in [5.41, 5.74) is 10.8. The Bertz CT molecular complexity index is 1010. The second-order valence-electron chi connectivity index (χ2n) is 8.01. The number of amides is 3. The van der Waals surface area contributed by atoms with Gasteiger partial charge in [0.25, 0.3) is 11.8 Å². The molecule has 174 valence electrons. The summed E-state index contributed by atoms with van der Waals surface area (Å²) in [5, 5.41) is 2.91. The van der Waals surface area contributed by atoms with E-state index in [1.165, 1.54) is 19.1 Å². The van der Waals surface area contributed by atoms with E-state index in [4.69, 9.17) is 20.9 Å². The number of rotatable bonds is 8. The van der Waals surface area contributed by atoms with Gasteiger partial charge in [-0.25, -0.2) is 0 Å². The molecule has 0 aliphatic carbocycles. The lowest BCUT2D eigenvalue weighted by Crippen LogP contribution is -2.54. The molecule has 1 aromatic carbocycles. The number of nitrogens with zero attached hydrogens (tertiary/aromatic N) is 2. The van der Waals surface area contributed by atoms with Crippen molar-refractivity contribution in [3.8, 4) is 11.5 Å². The van der Waals surface area contributed by atoms with Gasteiger partial charge in [0.05, 0.1) is 25.6 Å². The summed E-state index contributed by atoms with van der Waals surface area (Å²) in [6.45, 7) is 7.32. The number of nitrogen functional groups attached to an aromatic ring is 1. The molecule has 0 aliphatic heterocycles. The number of hydrogen-bond acceptors (Lipinski definition) is 8. The molecule has 3 amide bonds. The number of nitrogens with two attached hydrogens (primary N) is 2. The lowest BCUT2D eigenvalue weighted by Gasteiger charge is -2.33. The Kier molecular flexibility index (Phi) is 7.68. The normalized spacial score (nSPS) is 12.1. The number of ether oxygens (including phenoxy) is 2. The van der Waals surface area contributed by atoms with Gasteiger partial charge in [-0.2, -0.15) is 4.37 Å². The van der Waals surface area contributed by atoms with Crippen molar-refractivity contribution >= 4 is 40.6 Å². The van der Waals surface area contributed by atoms with Gasteiger partial charge in [-0.1, -0.05) is 6.92 Å². The second-order valence-corrected chi connectivity index (χ2v) is 8.79. The van der Waals surface area contributed by atoms with Gasteiger partial charge in [-0.3, -0.25) is 19.3 Å². The number of aromatic nitrogens is 1. The number of hydrogen-bond donors (Lipinski definition) is 3.